The molecule has 0 fully saturated rings. The summed E-state index contributed by atoms with van der Waals surface area (Å²) in [7, 11) is -3.61. The predicted molar refractivity (Wildman–Crippen MR) is 110 cm³/mol. The van der Waals surface area contributed by atoms with Crippen molar-refractivity contribution < 1.29 is 13.2 Å². The highest BCUT2D eigenvalue weighted by Crippen LogP contribution is 2.28. The van der Waals surface area contributed by atoms with E-state index in [4.69, 9.17) is 0 Å². The van der Waals surface area contributed by atoms with Gasteiger partial charge in [-0.3, -0.25) is 9.10 Å². The number of sulfonamides is 1. The zero-order valence-electron chi connectivity index (χ0n) is 15.7. The van der Waals surface area contributed by atoms with Crippen LogP contribution in [0.1, 0.15) is 16.7 Å². The predicted octanol–water partition coefficient (Wildman–Crippen LogP) is 3.74. The Morgan fingerprint density at radius 2 is 1.73 bits per heavy atom. The molecule has 0 aliphatic rings. The quantitative estimate of drug-likeness (QED) is 0.761. The van der Waals surface area contributed by atoms with E-state index in [0.29, 0.717) is 11.4 Å². The van der Waals surface area contributed by atoms with E-state index in [1.807, 2.05) is 57.4 Å². The Bertz CT molecular complexity index is 901. The van der Waals surface area contributed by atoms with E-state index in [0.717, 1.165) is 27.8 Å². The average molecular weight is 393 g/mol. The number of aryl methyl sites for hydroxylation is 3. The van der Waals surface area contributed by atoms with E-state index in [1.165, 1.54) is 4.31 Å². The smallest absolute Gasteiger partial charge is 0.245 e. The Morgan fingerprint density at radius 3 is 2.27 bits per heavy atom. The van der Waals surface area contributed by atoms with Crippen molar-refractivity contribution in [1.82, 2.24) is 0 Å². The Kier molecular flexibility index (Phi) is 6.36. The molecule has 2 rings (SSSR count). The van der Waals surface area contributed by atoms with E-state index in [1.54, 1.807) is 17.8 Å². The zero-order chi connectivity index (χ0) is 19.5. The number of nitrogens with zero attached hydrogens (tertiary/aromatic N) is 1. The fourth-order valence-corrected chi connectivity index (χ4v) is 4.39. The molecule has 1 N–H and O–H groups in total. The number of hydrogen-bond acceptors (Lipinski definition) is 4. The minimum absolute atomic E-state index is 0.271. The highest BCUT2D eigenvalue weighted by atomic mass is 32.2. The van der Waals surface area contributed by atoms with Gasteiger partial charge in [0.15, 0.2) is 0 Å². The SMILES string of the molecule is CSc1cccc(NC(=O)CN(c2c(C)cc(C)cc2C)S(C)(=O)=O)c1. The molecule has 0 aliphatic heterocycles. The molecule has 1 amide bonds. The van der Waals surface area contributed by atoms with Crippen LogP contribution < -0.4 is 9.62 Å². The lowest BCUT2D eigenvalue weighted by atomic mass is 10.1. The highest BCUT2D eigenvalue weighted by Gasteiger charge is 2.24. The Morgan fingerprint density at radius 1 is 1.12 bits per heavy atom. The van der Waals surface area contributed by atoms with Crippen LogP contribution in [-0.4, -0.2) is 33.4 Å². The summed E-state index contributed by atoms with van der Waals surface area (Å²) in [6.45, 7) is 5.40. The van der Waals surface area contributed by atoms with Crippen LogP contribution in [0.2, 0.25) is 0 Å². The molecule has 2 aromatic rings. The minimum Gasteiger partial charge on any atom is -0.324 e. The van der Waals surface area contributed by atoms with E-state index in [-0.39, 0.29) is 12.5 Å². The summed E-state index contributed by atoms with van der Waals surface area (Å²) < 4.78 is 25.9. The van der Waals surface area contributed by atoms with Crippen LogP contribution in [0.3, 0.4) is 0 Å². The molecule has 0 atom stereocenters. The van der Waals surface area contributed by atoms with E-state index in [2.05, 4.69) is 5.32 Å². The van der Waals surface area contributed by atoms with Gasteiger partial charge in [-0.2, -0.15) is 0 Å². The molecule has 0 aromatic heterocycles. The first-order chi connectivity index (χ1) is 12.1. The fourth-order valence-electron chi connectivity index (χ4n) is 2.96. The summed E-state index contributed by atoms with van der Waals surface area (Å²) in [4.78, 5) is 13.5. The summed E-state index contributed by atoms with van der Waals surface area (Å²) >= 11 is 1.57. The monoisotopic (exact) mass is 392 g/mol. The van der Waals surface area contributed by atoms with Crippen molar-refractivity contribution >= 4 is 39.1 Å². The summed E-state index contributed by atoms with van der Waals surface area (Å²) in [5, 5.41) is 2.78. The van der Waals surface area contributed by atoms with E-state index < -0.39 is 10.0 Å². The van der Waals surface area contributed by atoms with Crippen molar-refractivity contribution in [3.8, 4) is 0 Å². The van der Waals surface area contributed by atoms with Gasteiger partial charge in [0.25, 0.3) is 0 Å². The van der Waals surface area contributed by atoms with Gasteiger partial charge in [-0.25, -0.2) is 8.42 Å². The zero-order valence-corrected chi connectivity index (χ0v) is 17.3. The van der Waals surface area contributed by atoms with Gasteiger partial charge >= 0.3 is 0 Å². The lowest BCUT2D eigenvalue weighted by molar-refractivity contribution is -0.114. The molecule has 0 unspecified atom stereocenters. The molecule has 0 spiro atoms. The number of carbonyl (C=O) groups excluding carboxylic acids is 1. The Labute approximate surface area is 159 Å². The molecule has 2 aromatic carbocycles. The second-order valence-electron chi connectivity index (χ2n) is 6.30. The van der Waals surface area contributed by atoms with Crippen molar-refractivity contribution in [1.29, 1.82) is 0 Å². The minimum atomic E-state index is -3.61. The number of amides is 1. The third kappa shape index (κ3) is 5.02. The van der Waals surface area contributed by atoms with Crippen LogP contribution in [0.25, 0.3) is 0 Å². The summed E-state index contributed by atoms with van der Waals surface area (Å²) in [5.74, 6) is -0.381. The van der Waals surface area contributed by atoms with Gasteiger partial charge in [0, 0.05) is 10.6 Å². The van der Waals surface area contributed by atoms with Crippen LogP contribution in [-0.2, 0) is 14.8 Å². The highest BCUT2D eigenvalue weighted by molar-refractivity contribution is 7.98. The molecule has 5 nitrogen and oxygen atoms in total. The molecule has 7 heteroatoms. The third-order valence-corrected chi connectivity index (χ3v) is 5.76. The molecular formula is C19H24N2O3S2. The topological polar surface area (TPSA) is 66.5 Å². The maximum atomic E-state index is 12.5. The number of benzene rings is 2. The summed E-state index contributed by atoms with van der Waals surface area (Å²) in [5.41, 5.74) is 3.91. The van der Waals surface area contributed by atoms with Crippen LogP contribution in [0.4, 0.5) is 11.4 Å². The van der Waals surface area contributed by atoms with Crippen LogP contribution in [0, 0.1) is 20.8 Å². The van der Waals surface area contributed by atoms with Gasteiger partial charge in [-0.1, -0.05) is 23.8 Å². The van der Waals surface area contributed by atoms with Gasteiger partial charge in [-0.05, 0) is 56.4 Å². The molecule has 0 aliphatic carbocycles. The lowest BCUT2D eigenvalue weighted by Crippen LogP contribution is -2.38. The van der Waals surface area contributed by atoms with Gasteiger partial charge < -0.3 is 5.32 Å². The Hall–Kier alpha value is -1.99. The van der Waals surface area contributed by atoms with Crippen LogP contribution >= 0.6 is 11.8 Å². The number of thioether (sulfide) groups is 1. The molecule has 140 valence electrons. The molecular weight excluding hydrogens is 368 g/mol. The van der Waals surface area contributed by atoms with Crippen molar-refractivity contribution in [2.24, 2.45) is 0 Å². The normalized spacial score (nSPS) is 11.3. The van der Waals surface area contributed by atoms with E-state index >= 15 is 0 Å². The molecule has 0 radical (unpaired) electrons. The third-order valence-electron chi connectivity index (χ3n) is 3.93. The first kappa shape index (κ1) is 20.3. The average Bonchev–Trinajstić information content (AvgIpc) is 2.52. The van der Waals surface area contributed by atoms with Gasteiger partial charge in [-0.15, -0.1) is 11.8 Å². The van der Waals surface area contributed by atoms with Gasteiger partial charge in [0.05, 0.1) is 11.9 Å². The van der Waals surface area contributed by atoms with Crippen molar-refractivity contribution in [3.63, 3.8) is 0 Å². The summed E-state index contributed by atoms with van der Waals surface area (Å²) in [6.07, 6.45) is 3.07. The fraction of sp³-hybridized carbons (Fsp3) is 0.316. The molecule has 0 saturated carbocycles. The lowest BCUT2D eigenvalue weighted by Gasteiger charge is -2.26. The maximum absolute atomic E-state index is 12.5. The second-order valence-corrected chi connectivity index (χ2v) is 9.08. The number of rotatable bonds is 6. The molecule has 0 saturated heterocycles. The molecule has 26 heavy (non-hydrogen) atoms. The van der Waals surface area contributed by atoms with Gasteiger partial charge in [0.2, 0.25) is 15.9 Å². The number of anilines is 2. The number of hydrogen-bond donors (Lipinski definition) is 1. The van der Waals surface area contributed by atoms with Crippen molar-refractivity contribution in [2.45, 2.75) is 25.7 Å². The first-order valence-corrected chi connectivity index (χ1v) is 11.2. The van der Waals surface area contributed by atoms with Crippen LogP contribution in [0.5, 0.6) is 0 Å². The molecule has 0 heterocycles. The Balaban J connectivity index is 2.31. The molecule has 0 bridgehead atoms. The van der Waals surface area contributed by atoms with Crippen molar-refractivity contribution in [3.05, 3.63) is 53.1 Å². The second kappa shape index (κ2) is 8.14. The first-order valence-electron chi connectivity index (χ1n) is 8.11. The number of carbonyl (C=O) groups is 1. The maximum Gasteiger partial charge on any atom is 0.245 e. The standard InChI is InChI=1S/C19H24N2O3S2/c1-13-9-14(2)19(15(3)10-13)21(26(5,23)24)12-18(22)20-16-7-6-8-17(11-16)25-4/h6-11H,12H2,1-5H3,(H,20,22). The van der Waals surface area contributed by atoms with Crippen molar-refractivity contribution in [2.75, 3.05) is 28.7 Å². The largest absolute Gasteiger partial charge is 0.324 e. The van der Waals surface area contributed by atoms with E-state index in [9.17, 15) is 13.2 Å². The van der Waals surface area contributed by atoms with Gasteiger partial charge in [0.1, 0.15) is 6.54 Å². The number of nitrogens with one attached hydrogen (secondary N) is 1. The summed E-state index contributed by atoms with van der Waals surface area (Å²) in [6, 6.07) is 11.3. The van der Waals surface area contributed by atoms with Crippen LogP contribution in [0.15, 0.2) is 41.3 Å².